The van der Waals surface area contributed by atoms with Crippen molar-refractivity contribution < 1.29 is 14.3 Å². The third kappa shape index (κ3) is 13.0. The molecule has 1 heterocycles. The molecule has 6 nitrogen and oxygen atoms in total. The quantitative estimate of drug-likeness (QED) is 0.0927. The molecule has 0 aliphatic carbocycles. The molecule has 1 aliphatic rings. The van der Waals surface area contributed by atoms with Crippen LogP contribution < -0.4 is 4.99 Å². The molecule has 0 aromatic heterocycles. The minimum Gasteiger partial charge on any atom is -0.661 e. The molecule has 1 aliphatic heterocycles. The number of aliphatic imine (C=N–C) groups is 1. The van der Waals surface area contributed by atoms with Crippen LogP contribution in [0.4, 0.5) is 22.7 Å². The average molecular weight is 848 g/mol. The van der Waals surface area contributed by atoms with Gasteiger partial charge in [-0.3, -0.25) is 0 Å². The zero-order valence-corrected chi connectivity index (χ0v) is 43.5. The van der Waals surface area contributed by atoms with Crippen LogP contribution in [0.3, 0.4) is 0 Å². The van der Waals surface area contributed by atoms with E-state index in [1.807, 2.05) is 0 Å². The zero-order valence-electron chi connectivity index (χ0n) is 42.1. The first-order valence-electron chi connectivity index (χ1n) is 22.4. The zero-order chi connectivity index (χ0) is 45.7. The van der Waals surface area contributed by atoms with Crippen LogP contribution in [0.25, 0.3) is 10.6 Å². The van der Waals surface area contributed by atoms with E-state index in [2.05, 4.69) is 210 Å². The van der Waals surface area contributed by atoms with Crippen molar-refractivity contribution in [3.8, 4) is 0 Å². The number of nitrogens with one attached hydrogen (secondary N) is 1. The Balaban J connectivity index is 0.000000325. The maximum atomic E-state index is 6.33. The molecule has 0 saturated carbocycles. The first-order chi connectivity index (χ1) is 28.3. The second kappa shape index (κ2) is 21.8. The van der Waals surface area contributed by atoms with Crippen molar-refractivity contribution in [3.63, 3.8) is 0 Å². The molecular formula is C54H76BMgN4O2+. The number of hydrogen-bond donors (Lipinski definition) is 1. The standard InChI is InChI=1S/C29H41N2.C25H34BN2O2.Mg/c1-18(2)24-13-11-14-25(19(3)4)28(24)30-22(9)17-23(10)31-29-26(20(5)6)15-12-16-27(29)21(7)8;1-15-11-17(3)21(18(4)12-15)27-23(26-29-24(7,8)25(9,10)30-26)28-22-19(5)13-16(2)14-20(22)6;/h11-21H,1-10H3;11-14H,1-10H3;/q2*-1;+2/p+1/b22-17-,31-23?;;. The number of amidine groups is 1. The van der Waals surface area contributed by atoms with Gasteiger partial charge in [0, 0.05) is 18.1 Å². The second-order valence-electron chi connectivity index (χ2n) is 19.6. The Hall–Kier alpha value is -3.69. The van der Waals surface area contributed by atoms with Crippen molar-refractivity contribution in [1.29, 1.82) is 0 Å². The number of nitrogens with zero attached hydrogens (tertiary/aromatic N) is 3. The van der Waals surface area contributed by atoms with Crippen LogP contribution in [0.5, 0.6) is 0 Å². The minimum atomic E-state index is -0.629. The van der Waals surface area contributed by atoms with Gasteiger partial charge >= 0.3 is 30.2 Å². The molecule has 0 unspecified atom stereocenters. The van der Waals surface area contributed by atoms with E-state index in [1.54, 1.807) is 0 Å². The van der Waals surface area contributed by atoms with E-state index in [9.17, 15) is 0 Å². The third-order valence-electron chi connectivity index (χ3n) is 11.9. The van der Waals surface area contributed by atoms with Gasteiger partial charge in [0.2, 0.25) is 5.69 Å². The van der Waals surface area contributed by atoms with Crippen molar-refractivity contribution in [1.82, 2.24) is 0 Å². The SMILES string of the molecule is CC(/C=C(/C)[N-]c1c(C(C)C)cccc1C(C)C)=[NH+]c1c(C(C)C)cccc1C(C)C.Cc1cc(C)c(N=C([N-]c2c(C)cc(C)cc2C)B2OC(C)(C)C(C)(C)O2)c(C)c1.[Mg+2]. The number of aryl methyl sites for hydroxylation is 6. The molecule has 0 amide bonds. The van der Waals surface area contributed by atoms with Gasteiger partial charge in [-0.1, -0.05) is 151 Å². The van der Waals surface area contributed by atoms with Crippen molar-refractivity contribution in [2.45, 2.75) is 173 Å². The van der Waals surface area contributed by atoms with Gasteiger partial charge in [0.15, 0.2) is 5.71 Å². The minimum absolute atomic E-state index is 0. The Kier molecular flexibility index (Phi) is 18.5. The predicted octanol–water partition coefficient (Wildman–Crippen LogP) is 14.5. The fraction of sp³-hybridized carbons (Fsp3) is 0.481. The molecule has 4 aromatic rings. The molecule has 1 saturated heterocycles. The number of para-hydroxylation sites is 2. The van der Waals surface area contributed by atoms with Gasteiger partial charge < -0.3 is 24.9 Å². The van der Waals surface area contributed by atoms with Crippen LogP contribution in [0.15, 0.2) is 77.4 Å². The van der Waals surface area contributed by atoms with E-state index in [1.165, 1.54) is 39.1 Å². The summed E-state index contributed by atoms with van der Waals surface area (Å²) in [6, 6.07) is 21.8. The van der Waals surface area contributed by atoms with Gasteiger partial charge in [-0.05, 0) is 133 Å². The van der Waals surface area contributed by atoms with E-state index in [4.69, 9.17) is 24.9 Å². The summed E-state index contributed by atoms with van der Waals surface area (Å²) in [5.74, 6) is 1.82. The van der Waals surface area contributed by atoms with Gasteiger partial charge in [0.05, 0.1) is 11.2 Å². The Morgan fingerprint density at radius 3 is 1.39 bits per heavy atom. The summed E-state index contributed by atoms with van der Waals surface area (Å²) >= 11 is 0. The first-order valence-corrected chi connectivity index (χ1v) is 22.4. The topological polar surface area (TPSA) is 73.0 Å². The van der Waals surface area contributed by atoms with Crippen molar-refractivity contribution in [3.05, 3.63) is 139 Å². The molecule has 0 atom stereocenters. The summed E-state index contributed by atoms with van der Waals surface area (Å²) in [6.45, 7) is 43.0. The number of allylic oxidation sites excluding steroid dienone is 2. The normalized spacial score (nSPS) is 15.3. The Morgan fingerprint density at radius 1 is 0.597 bits per heavy atom. The maximum absolute atomic E-state index is 6.33. The van der Waals surface area contributed by atoms with Crippen molar-refractivity contribution >= 4 is 64.4 Å². The fourth-order valence-electron chi connectivity index (χ4n) is 8.10. The molecule has 4 aromatic carbocycles. The summed E-state index contributed by atoms with van der Waals surface area (Å²) in [5, 5.41) is 10.1. The van der Waals surface area contributed by atoms with Crippen LogP contribution in [0, 0.1) is 41.5 Å². The molecule has 1 fully saturated rings. The molecule has 62 heavy (non-hydrogen) atoms. The molecule has 0 spiro atoms. The van der Waals surface area contributed by atoms with Gasteiger partial charge in [-0.15, -0.1) is 5.69 Å². The van der Waals surface area contributed by atoms with Crippen LogP contribution >= 0.6 is 0 Å². The summed E-state index contributed by atoms with van der Waals surface area (Å²) in [6.07, 6.45) is 2.17. The largest absolute Gasteiger partial charge is 2.00 e. The second-order valence-corrected chi connectivity index (χ2v) is 19.6. The average Bonchev–Trinajstić information content (AvgIpc) is 3.35. The van der Waals surface area contributed by atoms with E-state index in [-0.39, 0.29) is 23.1 Å². The van der Waals surface area contributed by atoms with Crippen LogP contribution in [0.1, 0.15) is 176 Å². The molecule has 1 N–H and O–H groups in total. The summed E-state index contributed by atoms with van der Waals surface area (Å²) in [7, 11) is -0.629. The molecular weight excluding hydrogens is 772 g/mol. The summed E-state index contributed by atoms with van der Waals surface area (Å²) < 4.78 is 12.7. The molecule has 0 bridgehead atoms. The monoisotopic (exact) mass is 848 g/mol. The third-order valence-corrected chi connectivity index (χ3v) is 11.9. The van der Waals surface area contributed by atoms with E-state index < -0.39 is 18.3 Å². The molecule has 0 radical (unpaired) electrons. The summed E-state index contributed by atoms with van der Waals surface area (Å²) in [5.41, 5.74) is 18.3. The van der Waals surface area contributed by atoms with Crippen molar-refractivity contribution in [2.24, 2.45) is 4.99 Å². The van der Waals surface area contributed by atoms with Gasteiger partial charge in [0.1, 0.15) is 0 Å². The number of rotatable bonds is 11. The van der Waals surface area contributed by atoms with Crippen LogP contribution in [0.2, 0.25) is 0 Å². The predicted molar refractivity (Wildman–Crippen MR) is 271 cm³/mol. The van der Waals surface area contributed by atoms with Gasteiger partial charge in [-0.2, -0.15) is 5.70 Å². The first kappa shape index (κ1) is 52.7. The Labute approximate surface area is 393 Å². The number of benzene rings is 4. The van der Waals surface area contributed by atoms with Crippen molar-refractivity contribution in [2.75, 3.05) is 0 Å². The van der Waals surface area contributed by atoms with Crippen LogP contribution in [-0.4, -0.2) is 52.8 Å². The Morgan fingerprint density at radius 2 is 0.984 bits per heavy atom. The van der Waals surface area contributed by atoms with Crippen LogP contribution in [-0.2, 0) is 9.31 Å². The molecule has 8 heteroatoms. The van der Waals surface area contributed by atoms with Gasteiger partial charge in [0.25, 0.3) is 0 Å². The maximum Gasteiger partial charge on any atom is 2.00 e. The molecule has 5 rings (SSSR count). The molecule has 328 valence electrons. The Bertz CT molecular complexity index is 2170. The smallest absolute Gasteiger partial charge is 0.661 e. The van der Waals surface area contributed by atoms with Gasteiger partial charge in [-0.25, -0.2) is 4.99 Å². The van der Waals surface area contributed by atoms with E-state index >= 15 is 0 Å². The fourth-order valence-corrected chi connectivity index (χ4v) is 8.10. The summed E-state index contributed by atoms with van der Waals surface area (Å²) in [4.78, 5) is 8.73. The number of hydrogen-bond acceptors (Lipinski definition) is 3. The van der Waals surface area contributed by atoms with E-state index in [0.29, 0.717) is 29.4 Å². The van der Waals surface area contributed by atoms with E-state index in [0.717, 1.165) is 50.7 Å².